The van der Waals surface area contributed by atoms with Gasteiger partial charge < -0.3 is 5.32 Å². The van der Waals surface area contributed by atoms with Gasteiger partial charge in [-0.1, -0.05) is 29.8 Å². The Morgan fingerprint density at radius 2 is 1.78 bits per heavy atom. The third kappa shape index (κ3) is 2.48. The van der Waals surface area contributed by atoms with E-state index in [0.717, 1.165) is 12.0 Å². The van der Waals surface area contributed by atoms with Crippen LogP contribution in [0.15, 0.2) is 30.4 Å². The van der Waals surface area contributed by atoms with E-state index in [9.17, 15) is 14.4 Å². The lowest BCUT2D eigenvalue weighted by Gasteiger charge is -2.37. The fourth-order valence-electron chi connectivity index (χ4n) is 5.41. The van der Waals surface area contributed by atoms with Crippen molar-refractivity contribution in [3.8, 4) is 0 Å². The van der Waals surface area contributed by atoms with Gasteiger partial charge in [0.15, 0.2) is 0 Å². The molecule has 0 spiro atoms. The molecular weight excluding hydrogens is 364 g/mol. The molecule has 3 fully saturated rings. The van der Waals surface area contributed by atoms with Crippen molar-refractivity contribution < 1.29 is 14.4 Å². The number of hydrogen-bond acceptors (Lipinski definition) is 3. The molecule has 1 aromatic rings. The summed E-state index contributed by atoms with van der Waals surface area (Å²) < 4.78 is 0. The minimum absolute atomic E-state index is 0.0820. The first kappa shape index (κ1) is 17.0. The average Bonchev–Trinajstić information content (AvgIpc) is 3.43. The summed E-state index contributed by atoms with van der Waals surface area (Å²) in [5.41, 5.74) is 1.45. The normalized spacial score (nSPS) is 35.3. The van der Waals surface area contributed by atoms with Crippen molar-refractivity contribution in [2.24, 2.45) is 35.5 Å². The number of allylic oxidation sites excluding steroid dienone is 2. The van der Waals surface area contributed by atoms with Gasteiger partial charge in [0.25, 0.3) is 0 Å². The number of amides is 3. The van der Waals surface area contributed by atoms with Crippen LogP contribution >= 0.6 is 11.6 Å². The van der Waals surface area contributed by atoms with Crippen molar-refractivity contribution in [2.45, 2.75) is 19.8 Å². The lowest BCUT2D eigenvalue weighted by atomic mass is 9.63. The second-order valence-corrected chi connectivity index (χ2v) is 8.60. The van der Waals surface area contributed by atoms with Gasteiger partial charge in [0.2, 0.25) is 17.7 Å². The van der Waals surface area contributed by atoms with Crippen molar-refractivity contribution in [1.29, 1.82) is 0 Å². The Morgan fingerprint density at radius 1 is 1.15 bits per heavy atom. The highest BCUT2D eigenvalue weighted by Gasteiger charge is 2.66. The van der Waals surface area contributed by atoms with Crippen LogP contribution < -0.4 is 5.32 Å². The number of imide groups is 1. The van der Waals surface area contributed by atoms with Crippen LogP contribution in [0.1, 0.15) is 18.4 Å². The van der Waals surface area contributed by atoms with E-state index in [2.05, 4.69) is 17.5 Å². The summed E-state index contributed by atoms with van der Waals surface area (Å²) in [5.74, 6) is 0.828. The first-order chi connectivity index (χ1) is 13.0. The number of halogens is 1. The third-order valence-electron chi connectivity index (χ3n) is 6.86. The molecule has 140 valence electrons. The summed E-state index contributed by atoms with van der Waals surface area (Å²) in [6, 6.07) is 5.33. The smallest absolute Gasteiger partial charge is 0.233 e. The van der Waals surface area contributed by atoms with Gasteiger partial charge in [-0.2, -0.15) is 0 Å². The monoisotopic (exact) mass is 384 g/mol. The van der Waals surface area contributed by atoms with Crippen molar-refractivity contribution in [3.05, 3.63) is 40.9 Å². The lowest BCUT2D eigenvalue weighted by Crippen LogP contribution is -2.40. The SMILES string of the molecule is Cc1c(Cl)cccc1NC(=O)CCN1C(=O)C2C3C=CC(C4CC34)C2C1=O. The Labute approximate surface area is 162 Å². The minimum Gasteiger partial charge on any atom is -0.326 e. The lowest BCUT2D eigenvalue weighted by molar-refractivity contribution is -0.140. The molecule has 6 unspecified atom stereocenters. The molecule has 6 atom stereocenters. The summed E-state index contributed by atoms with van der Waals surface area (Å²) in [6.07, 6.45) is 5.56. The zero-order valence-electron chi connectivity index (χ0n) is 15.0. The molecule has 0 aromatic heterocycles. The predicted octanol–water partition coefficient (Wildman–Crippen LogP) is 3.03. The van der Waals surface area contributed by atoms with Gasteiger partial charge in [-0.3, -0.25) is 19.3 Å². The Morgan fingerprint density at radius 3 is 2.41 bits per heavy atom. The van der Waals surface area contributed by atoms with Crippen LogP contribution in [-0.4, -0.2) is 29.2 Å². The highest BCUT2D eigenvalue weighted by Crippen LogP contribution is 2.65. The molecule has 0 radical (unpaired) electrons. The van der Waals surface area contributed by atoms with E-state index in [4.69, 9.17) is 11.6 Å². The molecule has 1 aromatic carbocycles. The number of hydrogen-bond donors (Lipinski definition) is 1. The van der Waals surface area contributed by atoms with Gasteiger partial charge in [-0.15, -0.1) is 0 Å². The van der Waals surface area contributed by atoms with Crippen LogP contribution in [-0.2, 0) is 14.4 Å². The van der Waals surface area contributed by atoms with Crippen LogP contribution in [0.4, 0.5) is 5.69 Å². The molecule has 1 heterocycles. The van der Waals surface area contributed by atoms with Gasteiger partial charge in [-0.05, 0) is 54.7 Å². The predicted molar refractivity (Wildman–Crippen MR) is 101 cm³/mol. The molecule has 1 N–H and O–H groups in total. The number of benzene rings is 1. The zero-order chi connectivity index (χ0) is 18.9. The van der Waals surface area contributed by atoms with E-state index >= 15 is 0 Å². The first-order valence-electron chi connectivity index (χ1n) is 9.56. The maximum atomic E-state index is 12.9. The molecular formula is C21H21ClN2O3. The maximum absolute atomic E-state index is 12.9. The number of nitrogens with zero attached hydrogens (tertiary/aromatic N) is 1. The molecule has 2 bridgehead atoms. The van der Waals surface area contributed by atoms with Crippen LogP contribution in [0.25, 0.3) is 0 Å². The Bertz CT molecular complexity index is 859. The molecule has 3 amide bonds. The molecule has 6 rings (SSSR count). The molecule has 5 nitrogen and oxygen atoms in total. The number of carbonyl (C=O) groups is 3. The Kier molecular flexibility index (Phi) is 3.73. The minimum atomic E-state index is -0.222. The summed E-state index contributed by atoms with van der Waals surface area (Å²) in [6.45, 7) is 1.98. The van der Waals surface area contributed by atoms with Crippen LogP contribution in [0, 0.1) is 42.4 Å². The van der Waals surface area contributed by atoms with Gasteiger partial charge in [0.05, 0.1) is 11.8 Å². The largest absolute Gasteiger partial charge is 0.326 e. The quantitative estimate of drug-likeness (QED) is 0.641. The maximum Gasteiger partial charge on any atom is 0.233 e. The van der Waals surface area contributed by atoms with E-state index in [-0.39, 0.29) is 54.4 Å². The molecule has 5 aliphatic rings. The number of nitrogens with one attached hydrogen (secondary N) is 1. The Balaban J connectivity index is 1.26. The van der Waals surface area contributed by atoms with Crippen molar-refractivity contribution in [3.63, 3.8) is 0 Å². The highest BCUT2D eigenvalue weighted by atomic mass is 35.5. The third-order valence-corrected chi connectivity index (χ3v) is 7.27. The van der Waals surface area contributed by atoms with E-state index in [1.54, 1.807) is 18.2 Å². The van der Waals surface area contributed by atoms with Crippen molar-refractivity contribution >= 4 is 35.0 Å². The second kappa shape index (κ2) is 5.93. The van der Waals surface area contributed by atoms with Crippen LogP contribution in [0.3, 0.4) is 0 Å². The molecule has 6 heteroatoms. The fraction of sp³-hybridized carbons (Fsp3) is 0.476. The summed E-state index contributed by atoms with van der Waals surface area (Å²) in [7, 11) is 0. The topological polar surface area (TPSA) is 66.5 Å². The number of likely N-dealkylation sites (tertiary alicyclic amines) is 1. The molecule has 1 aliphatic heterocycles. The summed E-state index contributed by atoms with van der Waals surface area (Å²) in [4.78, 5) is 39.5. The van der Waals surface area contributed by atoms with E-state index in [1.807, 2.05) is 6.92 Å². The second-order valence-electron chi connectivity index (χ2n) is 8.19. The first-order valence-corrected chi connectivity index (χ1v) is 9.93. The number of anilines is 1. The van der Waals surface area contributed by atoms with Crippen molar-refractivity contribution in [1.82, 2.24) is 4.90 Å². The number of carbonyl (C=O) groups excluding carboxylic acids is 3. The average molecular weight is 385 g/mol. The molecule has 27 heavy (non-hydrogen) atoms. The van der Waals surface area contributed by atoms with Crippen LogP contribution in [0.5, 0.6) is 0 Å². The fourth-order valence-corrected chi connectivity index (χ4v) is 5.58. The van der Waals surface area contributed by atoms with Gasteiger partial charge in [-0.25, -0.2) is 0 Å². The summed E-state index contributed by atoms with van der Waals surface area (Å²) >= 11 is 6.08. The van der Waals surface area contributed by atoms with E-state index in [0.29, 0.717) is 22.5 Å². The molecule has 4 aliphatic carbocycles. The number of rotatable bonds is 4. The summed E-state index contributed by atoms with van der Waals surface area (Å²) in [5, 5.41) is 3.41. The van der Waals surface area contributed by atoms with Crippen LogP contribution in [0.2, 0.25) is 5.02 Å². The van der Waals surface area contributed by atoms with E-state index < -0.39 is 0 Å². The molecule has 1 saturated heterocycles. The van der Waals surface area contributed by atoms with Gasteiger partial charge in [0.1, 0.15) is 0 Å². The van der Waals surface area contributed by atoms with Crippen molar-refractivity contribution in [2.75, 3.05) is 11.9 Å². The Hall–Kier alpha value is -2.14. The van der Waals surface area contributed by atoms with Gasteiger partial charge >= 0.3 is 0 Å². The standard InChI is InChI=1S/C21H21ClN2O3/c1-10-15(22)3-2-4-16(10)23-17(25)7-8-24-20(26)18-11-5-6-12(14-9-13(11)14)19(18)21(24)27/h2-6,11-14,18-19H,7-9H2,1H3,(H,23,25). The highest BCUT2D eigenvalue weighted by molar-refractivity contribution is 6.31. The van der Waals surface area contributed by atoms with E-state index in [1.165, 1.54) is 4.90 Å². The van der Waals surface area contributed by atoms with Gasteiger partial charge in [0, 0.05) is 23.7 Å². The zero-order valence-corrected chi connectivity index (χ0v) is 15.8. The molecule has 2 saturated carbocycles.